The van der Waals surface area contributed by atoms with Crippen LogP contribution in [0.3, 0.4) is 0 Å². The Morgan fingerprint density at radius 1 is 0.967 bits per heavy atom. The van der Waals surface area contributed by atoms with Gasteiger partial charge in [0.25, 0.3) is 5.91 Å². The van der Waals surface area contributed by atoms with E-state index < -0.39 is 5.91 Å². The summed E-state index contributed by atoms with van der Waals surface area (Å²) in [6.07, 6.45) is 0. The zero-order valence-corrected chi connectivity index (χ0v) is 18.2. The number of aromatic nitrogens is 3. The smallest absolute Gasteiger partial charge is 0.295 e. The van der Waals surface area contributed by atoms with Crippen molar-refractivity contribution < 1.29 is 9.18 Å². The van der Waals surface area contributed by atoms with Crippen LogP contribution in [-0.4, -0.2) is 20.7 Å². The minimum atomic E-state index is -0.487. The molecule has 0 saturated carbocycles. The Morgan fingerprint density at radius 2 is 1.67 bits per heavy atom. The zero-order chi connectivity index (χ0) is 21.3. The van der Waals surface area contributed by atoms with Gasteiger partial charge in [0.05, 0.1) is 15.7 Å². The molecule has 4 rings (SSSR count). The van der Waals surface area contributed by atoms with Crippen molar-refractivity contribution >= 4 is 50.7 Å². The number of nitrogens with zero attached hydrogens (tertiary/aromatic N) is 3. The van der Waals surface area contributed by atoms with Crippen molar-refractivity contribution in [2.75, 3.05) is 5.32 Å². The van der Waals surface area contributed by atoms with Gasteiger partial charge in [-0.25, -0.2) is 14.1 Å². The molecule has 150 valence electrons. The second-order valence-electron chi connectivity index (χ2n) is 6.24. The van der Waals surface area contributed by atoms with Crippen LogP contribution >= 0.6 is 39.1 Å². The van der Waals surface area contributed by atoms with Gasteiger partial charge in [-0.05, 0) is 66.7 Å². The van der Waals surface area contributed by atoms with Crippen LogP contribution in [0.25, 0.3) is 17.1 Å². The first-order valence-electron chi connectivity index (χ1n) is 8.66. The molecule has 4 aromatic rings. The number of amides is 1. The molecule has 0 atom stereocenters. The summed E-state index contributed by atoms with van der Waals surface area (Å²) >= 11 is 15.5. The van der Waals surface area contributed by atoms with Crippen molar-refractivity contribution in [2.45, 2.75) is 0 Å². The summed E-state index contributed by atoms with van der Waals surface area (Å²) in [5, 5.41) is 7.82. The molecule has 1 heterocycles. The number of hydrogen-bond acceptors (Lipinski definition) is 3. The Morgan fingerprint density at radius 3 is 2.33 bits per heavy atom. The summed E-state index contributed by atoms with van der Waals surface area (Å²) in [7, 11) is 0. The van der Waals surface area contributed by atoms with Gasteiger partial charge in [-0.2, -0.15) is 0 Å². The minimum Gasteiger partial charge on any atom is -0.319 e. The molecule has 30 heavy (non-hydrogen) atoms. The van der Waals surface area contributed by atoms with Gasteiger partial charge in [0, 0.05) is 15.7 Å². The van der Waals surface area contributed by atoms with E-state index in [1.54, 1.807) is 54.6 Å². The Bertz CT molecular complexity index is 1230. The van der Waals surface area contributed by atoms with Crippen molar-refractivity contribution in [1.29, 1.82) is 0 Å². The molecule has 9 heteroatoms. The molecule has 0 spiro atoms. The van der Waals surface area contributed by atoms with Gasteiger partial charge in [0.15, 0.2) is 5.82 Å². The average molecular weight is 506 g/mol. The number of nitrogens with one attached hydrogen (secondary N) is 1. The molecule has 0 aliphatic rings. The van der Waals surface area contributed by atoms with Crippen LogP contribution in [0.15, 0.2) is 71.2 Å². The summed E-state index contributed by atoms with van der Waals surface area (Å²) < 4.78 is 15.7. The van der Waals surface area contributed by atoms with Crippen molar-refractivity contribution in [3.8, 4) is 17.1 Å². The lowest BCUT2D eigenvalue weighted by molar-refractivity contribution is 0.101. The molecule has 0 saturated heterocycles. The van der Waals surface area contributed by atoms with Gasteiger partial charge in [-0.15, -0.1) is 5.10 Å². The molecule has 5 nitrogen and oxygen atoms in total. The molecule has 1 aromatic heterocycles. The van der Waals surface area contributed by atoms with E-state index in [4.69, 9.17) is 23.2 Å². The summed E-state index contributed by atoms with van der Waals surface area (Å²) in [6.45, 7) is 0. The molecule has 0 radical (unpaired) electrons. The minimum absolute atomic E-state index is 0.0525. The highest BCUT2D eigenvalue weighted by Crippen LogP contribution is 2.27. The predicted molar refractivity (Wildman–Crippen MR) is 119 cm³/mol. The summed E-state index contributed by atoms with van der Waals surface area (Å²) in [4.78, 5) is 17.1. The quantitative estimate of drug-likeness (QED) is 0.349. The van der Waals surface area contributed by atoms with Gasteiger partial charge in [0.2, 0.25) is 5.82 Å². The highest BCUT2D eigenvalue weighted by Gasteiger charge is 2.19. The van der Waals surface area contributed by atoms with E-state index in [-0.39, 0.29) is 11.6 Å². The molecule has 1 amide bonds. The Labute approximate surface area is 189 Å². The second-order valence-corrected chi connectivity index (χ2v) is 7.97. The molecule has 0 aliphatic carbocycles. The monoisotopic (exact) mass is 504 g/mol. The zero-order valence-electron chi connectivity index (χ0n) is 15.1. The molecule has 1 N–H and O–H groups in total. The normalized spacial score (nSPS) is 10.8. The van der Waals surface area contributed by atoms with Crippen LogP contribution in [0.1, 0.15) is 10.6 Å². The number of hydrogen-bond donors (Lipinski definition) is 1. The number of benzene rings is 3. The van der Waals surface area contributed by atoms with Gasteiger partial charge < -0.3 is 5.32 Å². The first-order chi connectivity index (χ1) is 14.4. The van der Waals surface area contributed by atoms with Gasteiger partial charge in [-0.3, -0.25) is 4.79 Å². The first-order valence-corrected chi connectivity index (χ1v) is 10.2. The maximum Gasteiger partial charge on any atom is 0.295 e. The number of rotatable bonds is 4. The molecule has 0 fully saturated rings. The molecular weight excluding hydrogens is 494 g/mol. The average Bonchev–Trinajstić information content (AvgIpc) is 3.18. The third-order valence-corrected chi connectivity index (χ3v) is 5.43. The fraction of sp³-hybridized carbons (Fsp3) is 0. The van der Waals surface area contributed by atoms with Crippen LogP contribution in [0.2, 0.25) is 10.0 Å². The van der Waals surface area contributed by atoms with Gasteiger partial charge in [0.1, 0.15) is 5.82 Å². The van der Waals surface area contributed by atoms with E-state index in [0.29, 0.717) is 32.8 Å². The maximum atomic E-state index is 13.4. The first kappa shape index (κ1) is 20.5. The Balaban J connectivity index is 1.76. The number of carbonyl (C=O) groups is 1. The fourth-order valence-electron chi connectivity index (χ4n) is 2.71. The lowest BCUT2D eigenvalue weighted by Gasteiger charge is -2.07. The van der Waals surface area contributed by atoms with Crippen LogP contribution in [0.5, 0.6) is 0 Å². The Kier molecular flexibility index (Phi) is 5.85. The third kappa shape index (κ3) is 4.38. The van der Waals surface area contributed by atoms with Crippen LogP contribution < -0.4 is 5.32 Å². The van der Waals surface area contributed by atoms with Crippen LogP contribution in [0, 0.1) is 5.82 Å². The summed E-state index contributed by atoms with van der Waals surface area (Å²) in [5.41, 5.74) is 1.73. The van der Waals surface area contributed by atoms with Crippen LogP contribution in [-0.2, 0) is 0 Å². The van der Waals surface area contributed by atoms with Gasteiger partial charge in [-0.1, -0.05) is 39.1 Å². The Hall–Kier alpha value is -2.74. The van der Waals surface area contributed by atoms with E-state index in [2.05, 4.69) is 31.3 Å². The predicted octanol–water partition coefficient (Wildman–Crippen LogP) is 6.40. The number of carbonyl (C=O) groups excluding carboxylic acids is 1. The van der Waals surface area contributed by atoms with E-state index in [1.165, 1.54) is 16.8 Å². The number of anilines is 1. The van der Waals surface area contributed by atoms with Crippen molar-refractivity contribution in [3.05, 3.63) is 92.9 Å². The highest BCUT2D eigenvalue weighted by molar-refractivity contribution is 9.10. The number of halogens is 4. The highest BCUT2D eigenvalue weighted by atomic mass is 79.9. The van der Waals surface area contributed by atoms with E-state index >= 15 is 0 Å². The van der Waals surface area contributed by atoms with E-state index in [1.807, 2.05) is 0 Å². The maximum absolute atomic E-state index is 13.4. The lowest BCUT2D eigenvalue weighted by atomic mass is 10.2. The van der Waals surface area contributed by atoms with Crippen molar-refractivity contribution in [1.82, 2.24) is 14.8 Å². The van der Waals surface area contributed by atoms with Crippen molar-refractivity contribution in [2.24, 2.45) is 0 Å². The molecular formula is C21H12BrCl2FN4O. The van der Waals surface area contributed by atoms with Crippen molar-refractivity contribution in [3.63, 3.8) is 0 Å². The summed E-state index contributed by atoms with van der Waals surface area (Å²) in [6, 6.07) is 17.8. The fourth-order valence-corrected chi connectivity index (χ4v) is 3.27. The summed E-state index contributed by atoms with van der Waals surface area (Å²) in [5.74, 6) is -0.565. The molecule has 0 aliphatic heterocycles. The van der Waals surface area contributed by atoms with E-state index in [0.717, 1.165) is 4.47 Å². The van der Waals surface area contributed by atoms with Gasteiger partial charge >= 0.3 is 0 Å². The molecule has 0 unspecified atom stereocenters. The largest absolute Gasteiger partial charge is 0.319 e. The topological polar surface area (TPSA) is 59.8 Å². The van der Waals surface area contributed by atoms with E-state index in [9.17, 15) is 9.18 Å². The SMILES string of the molecule is O=C(Nc1ccc(Br)cc1)c1nc(-c2ccc(F)cc2)n(-c2ccc(Cl)c(Cl)c2)n1. The molecule has 3 aromatic carbocycles. The third-order valence-electron chi connectivity index (χ3n) is 4.16. The standard InChI is InChI=1S/C21H12BrCl2FN4O/c22-13-3-7-15(8-4-13)26-21(30)19-27-20(12-1-5-14(25)6-2-12)29(28-19)16-9-10-17(23)18(24)11-16/h1-11H,(H,26,30). The second kappa shape index (κ2) is 8.55. The molecule has 0 bridgehead atoms. The lowest BCUT2D eigenvalue weighted by Crippen LogP contribution is -2.14. The van der Waals surface area contributed by atoms with Crippen LogP contribution in [0.4, 0.5) is 10.1 Å².